The van der Waals surface area contributed by atoms with Gasteiger partial charge in [0.15, 0.2) is 0 Å². The SMILES string of the molecule is Cc1ccc(C)c(NC(=O)Cn2cccc2)c1. The van der Waals surface area contributed by atoms with Crippen LogP contribution in [0.25, 0.3) is 0 Å². The summed E-state index contributed by atoms with van der Waals surface area (Å²) in [6.45, 7) is 4.35. The van der Waals surface area contributed by atoms with Crippen molar-refractivity contribution in [3.8, 4) is 0 Å². The van der Waals surface area contributed by atoms with Crippen molar-refractivity contribution >= 4 is 11.6 Å². The molecule has 3 nitrogen and oxygen atoms in total. The molecule has 1 heterocycles. The molecule has 2 aromatic rings. The Hall–Kier alpha value is -2.03. The van der Waals surface area contributed by atoms with E-state index in [2.05, 4.69) is 5.32 Å². The summed E-state index contributed by atoms with van der Waals surface area (Å²) in [5.41, 5.74) is 3.12. The molecule has 0 aliphatic heterocycles. The number of amides is 1. The molecule has 0 aliphatic carbocycles. The van der Waals surface area contributed by atoms with Gasteiger partial charge in [0.1, 0.15) is 6.54 Å². The number of nitrogens with one attached hydrogen (secondary N) is 1. The molecule has 0 spiro atoms. The molecule has 0 unspecified atom stereocenters. The zero-order valence-electron chi connectivity index (χ0n) is 10.1. The van der Waals surface area contributed by atoms with Crippen molar-refractivity contribution in [3.05, 3.63) is 53.9 Å². The number of anilines is 1. The highest BCUT2D eigenvalue weighted by Gasteiger charge is 2.05. The van der Waals surface area contributed by atoms with Gasteiger partial charge in [-0.25, -0.2) is 0 Å². The minimum absolute atomic E-state index is 0.00472. The van der Waals surface area contributed by atoms with Gasteiger partial charge >= 0.3 is 0 Å². The maximum absolute atomic E-state index is 11.8. The van der Waals surface area contributed by atoms with E-state index in [1.807, 2.05) is 61.1 Å². The van der Waals surface area contributed by atoms with Crippen molar-refractivity contribution < 1.29 is 4.79 Å². The van der Waals surface area contributed by atoms with Crippen LogP contribution in [-0.4, -0.2) is 10.5 Å². The van der Waals surface area contributed by atoms with Crippen molar-refractivity contribution in [1.29, 1.82) is 0 Å². The Balaban J connectivity index is 2.05. The van der Waals surface area contributed by atoms with Crippen LogP contribution in [0.4, 0.5) is 5.69 Å². The fourth-order valence-corrected chi connectivity index (χ4v) is 1.70. The highest BCUT2D eigenvalue weighted by atomic mass is 16.1. The zero-order chi connectivity index (χ0) is 12.3. The van der Waals surface area contributed by atoms with E-state index in [1.54, 1.807) is 0 Å². The maximum atomic E-state index is 11.8. The second-order valence-corrected chi connectivity index (χ2v) is 4.22. The van der Waals surface area contributed by atoms with Gasteiger partial charge in [-0.3, -0.25) is 4.79 Å². The highest BCUT2D eigenvalue weighted by Crippen LogP contribution is 2.16. The largest absolute Gasteiger partial charge is 0.345 e. The third-order valence-corrected chi connectivity index (χ3v) is 2.66. The summed E-state index contributed by atoms with van der Waals surface area (Å²) in [5, 5.41) is 2.93. The van der Waals surface area contributed by atoms with Crippen molar-refractivity contribution in [2.75, 3.05) is 5.32 Å². The van der Waals surface area contributed by atoms with Crippen LogP contribution in [0.15, 0.2) is 42.7 Å². The molecular weight excluding hydrogens is 212 g/mol. The number of hydrogen-bond donors (Lipinski definition) is 1. The Kier molecular flexibility index (Phi) is 3.28. The van der Waals surface area contributed by atoms with Gasteiger partial charge in [0.2, 0.25) is 5.91 Å². The lowest BCUT2D eigenvalue weighted by molar-refractivity contribution is -0.116. The Morgan fingerprint density at radius 3 is 2.65 bits per heavy atom. The smallest absolute Gasteiger partial charge is 0.244 e. The molecule has 1 aromatic heterocycles. The van der Waals surface area contributed by atoms with Gasteiger partial charge in [-0.05, 0) is 43.2 Å². The highest BCUT2D eigenvalue weighted by molar-refractivity contribution is 5.91. The monoisotopic (exact) mass is 228 g/mol. The zero-order valence-corrected chi connectivity index (χ0v) is 10.1. The molecule has 17 heavy (non-hydrogen) atoms. The van der Waals surface area contributed by atoms with E-state index >= 15 is 0 Å². The first-order valence-corrected chi connectivity index (χ1v) is 5.63. The van der Waals surface area contributed by atoms with Gasteiger partial charge in [-0.15, -0.1) is 0 Å². The third-order valence-electron chi connectivity index (χ3n) is 2.66. The van der Waals surface area contributed by atoms with Crippen LogP contribution in [0.3, 0.4) is 0 Å². The van der Waals surface area contributed by atoms with E-state index in [9.17, 15) is 4.79 Å². The summed E-state index contributed by atoms with van der Waals surface area (Å²) >= 11 is 0. The van der Waals surface area contributed by atoms with Gasteiger partial charge in [0, 0.05) is 18.1 Å². The van der Waals surface area contributed by atoms with Crippen molar-refractivity contribution in [3.63, 3.8) is 0 Å². The average Bonchev–Trinajstić information content (AvgIpc) is 2.76. The summed E-state index contributed by atoms with van der Waals surface area (Å²) in [6.07, 6.45) is 3.76. The second-order valence-electron chi connectivity index (χ2n) is 4.22. The number of aromatic nitrogens is 1. The number of benzene rings is 1. The quantitative estimate of drug-likeness (QED) is 0.861. The minimum atomic E-state index is -0.00472. The normalized spacial score (nSPS) is 10.2. The third kappa shape index (κ3) is 2.97. The molecular formula is C14H16N2O. The summed E-state index contributed by atoms with van der Waals surface area (Å²) in [5.74, 6) is -0.00472. The van der Waals surface area contributed by atoms with Crippen LogP contribution in [0, 0.1) is 13.8 Å². The number of carbonyl (C=O) groups excluding carboxylic acids is 1. The first-order valence-electron chi connectivity index (χ1n) is 5.63. The van der Waals surface area contributed by atoms with Gasteiger partial charge in [-0.1, -0.05) is 12.1 Å². The predicted molar refractivity (Wildman–Crippen MR) is 69.0 cm³/mol. The number of hydrogen-bond acceptors (Lipinski definition) is 1. The molecule has 0 saturated carbocycles. The van der Waals surface area contributed by atoms with Gasteiger partial charge in [0.05, 0.1) is 0 Å². The fraction of sp³-hybridized carbons (Fsp3) is 0.214. The topological polar surface area (TPSA) is 34.0 Å². The molecule has 0 aliphatic rings. The lowest BCUT2D eigenvalue weighted by atomic mass is 10.1. The Bertz CT molecular complexity index is 515. The summed E-state index contributed by atoms with van der Waals surface area (Å²) in [7, 11) is 0. The molecule has 0 bridgehead atoms. The molecule has 0 fully saturated rings. The van der Waals surface area contributed by atoms with Crippen LogP contribution in [0.2, 0.25) is 0 Å². The van der Waals surface area contributed by atoms with Crippen molar-refractivity contribution in [2.24, 2.45) is 0 Å². The van der Waals surface area contributed by atoms with Crippen LogP contribution < -0.4 is 5.32 Å². The molecule has 1 aromatic carbocycles. The fourth-order valence-electron chi connectivity index (χ4n) is 1.70. The van der Waals surface area contributed by atoms with E-state index < -0.39 is 0 Å². The summed E-state index contributed by atoms with van der Waals surface area (Å²) in [6, 6.07) is 9.86. The van der Waals surface area contributed by atoms with Crippen LogP contribution >= 0.6 is 0 Å². The second kappa shape index (κ2) is 4.87. The van der Waals surface area contributed by atoms with Crippen molar-refractivity contribution in [1.82, 2.24) is 4.57 Å². The van der Waals surface area contributed by atoms with Gasteiger partial charge in [-0.2, -0.15) is 0 Å². The number of rotatable bonds is 3. The van der Waals surface area contributed by atoms with E-state index in [-0.39, 0.29) is 5.91 Å². The van der Waals surface area contributed by atoms with E-state index in [0.717, 1.165) is 16.8 Å². The number of carbonyl (C=O) groups is 1. The van der Waals surface area contributed by atoms with E-state index in [1.165, 1.54) is 0 Å². The van der Waals surface area contributed by atoms with Gasteiger partial charge in [0.25, 0.3) is 0 Å². The van der Waals surface area contributed by atoms with E-state index in [4.69, 9.17) is 0 Å². The first-order chi connectivity index (χ1) is 8.15. The maximum Gasteiger partial charge on any atom is 0.244 e. The van der Waals surface area contributed by atoms with Crippen LogP contribution in [0.5, 0.6) is 0 Å². The molecule has 3 heteroatoms. The number of nitrogens with zero attached hydrogens (tertiary/aromatic N) is 1. The van der Waals surface area contributed by atoms with Gasteiger partial charge < -0.3 is 9.88 Å². The van der Waals surface area contributed by atoms with Crippen LogP contribution in [-0.2, 0) is 11.3 Å². The summed E-state index contributed by atoms with van der Waals surface area (Å²) in [4.78, 5) is 11.8. The summed E-state index contributed by atoms with van der Waals surface area (Å²) < 4.78 is 1.85. The Labute approximate surface area is 101 Å². The lowest BCUT2D eigenvalue weighted by Crippen LogP contribution is -2.18. The number of aryl methyl sites for hydroxylation is 2. The Morgan fingerprint density at radius 2 is 1.94 bits per heavy atom. The lowest BCUT2D eigenvalue weighted by Gasteiger charge is -2.09. The standard InChI is InChI=1S/C14H16N2O/c1-11-5-6-12(2)13(9-11)15-14(17)10-16-7-3-4-8-16/h3-9H,10H2,1-2H3,(H,15,17). The average molecular weight is 228 g/mol. The molecule has 1 N–H and O–H groups in total. The molecule has 0 saturated heterocycles. The molecule has 1 amide bonds. The molecule has 88 valence electrons. The first kappa shape index (κ1) is 11.5. The minimum Gasteiger partial charge on any atom is -0.345 e. The van der Waals surface area contributed by atoms with Crippen molar-refractivity contribution in [2.45, 2.75) is 20.4 Å². The molecule has 0 radical (unpaired) electrons. The Morgan fingerprint density at radius 1 is 1.24 bits per heavy atom. The predicted octanol–water partition coefficient (Wildman–Crippen LogP) is 2.74. The van der Waals surface area contributed by atoms with E-state index in [0.29, 0.717) is 6.54 Å². The molecule has 2 rings (SSSR count). The van der Waals surface area contributed by atoms with Crippen LogP contribution in [0.1, 0.15) is 11.1 Å². The molecule has 0 atom stereocenters.